The van der Waals surface area contributed by atoms with Crippen molar-refractivity contribution in [1.82, 2.24) is 4.37 Å². The average molecular weight is 217 g/mol. The van der Waals surface area contributed by atoms with Gasteiger partial charge in [-0.05, 0) is 12.1 Å². The number of rotatable bonds is 2. The molecule has 0 aliphatic rings. The number of halogens is 2. The van der Waals surface area contributed by atoms with Crippen LogP contribution in [0.25, 0.3) is 10.1 Å². The number of aromatic nitrogens is 1. The van der Waals surface area contributed by atoms with Crippen LogP contribution in [0, 0.1) is 0 Å². The van der Waals surface area contributed by atoms with E-state index in [4.69, 9.17) is 0 Å². The molecule has 0 amide bonds. The van der Waals surface area contributed by atoms with Crippen LogP contribution in [0.1, 0.15) is 0 Å². The predicted molar refractivity (Wildman–Crippen MR) is 49.1 cm³/mol. The maximum Gasteiger partial charge on any atom is 0.387 e. The summed E-state index contributed by atoms with van der Waals surface area (Å²) < 4.78 is 31.2. The summed E-state index contributed by atoms with van der Waals surface area (Å²) in [5.74, 6) is -0.0833. The van der Waals surface area contributed by atoms with Gasteiger partial charge in [-0.1, -0.05) is 17.6 Å². The molecule has 0 aliphatic heterocycles. The third-order valence-electron chi connectivity index (χ3n) is 1.68. The van der Waals surface area contributed by atoms with Crippen molar-refractivity contribution in [1.29, 1.82) is 0 Å². The van der Waals surface area contributed by atoms with Crippen molar-refractivity contribution in [3.63, 3.8) is 0 Å². The molecule has 14 heavy (non-hydrogen) atoms. The highest BCUT2D eigenvalue weighted by Gasteiger charge is 2.11. The topological polar surface area (TPSA) is 42.1 Å². The summed E-state index contributed by atoms with van der Waals surface area (Å²) in [7, 11) is 0. The summed E-state index contributed by atoms with van der Waals surface area (Å²) in [5.41, 5.74) is -0.402. The number of hydrogen-bond acceptors (Lipinski definition) is 3. The zero-order valence-corrected chi connectivity index (χ0v) is 7.61. The highest BCUT2D eigenvalue weighted by atomic mass is 32.1. The second kappa shape index (κ2) is 3.38. The number of aromatic amines is 1. The van der Waals surface area contributed by atoms with Gasteiger partial charge in [-0.2, -0.15) is 8.78 Å². The normalized spacial score (nSPS) is 11.1. The van der Waals surface area contributed by atoms with Crippen LogP contribution in [0.4, 0.5) is 8.78 Å². The van der Waals surface area contributed by atoms with Gasteiger partial charge in [0.25, 0.3) is 5.56 Å². The number of H-pyrrole nitrogens is 1. The summed E-state index contributed by atoms with van der Waals surface area (Å²) in [6.45, 7) is -2.92. The van der Waals surface area contributed by atoms with Gasteiger partial charge in [0.2, 0.25) is 0 Å². The minimum atomic E-state index is -2.92. The Balaban J connectivity index is 2.63. The molecular formula is C8H5F2NO2S. The summed E-state index contributed by atoms with van der Waals surface area (Å²) in [6.07, 6.45) is 0. The molecule has 1 N–H and O–H groups in total. The van der Waals surface area contributed by atoms with E-state index in [1.165, 1.54) is 6.07 Å². The Bertz CT molecular complexity index is 505. The summed E-state index contributed by atoms with van der Waals surface area (Å²) in [4.78, 5) is 11.2. The molecule has 1 aromatic carbocycles. The second-order valence-electron chi connectivity index (χ2n) is 2.54. The fraction of sp³-hybridized carbons (Fsp3) is 0.125. The molecule has 0 aliphatic carbocycles. The van der Waals surface area contributed by atoms with Crippen molar-refractivity contribution in [2.45, 2.75) is 6.61 Å². The van der Waals surface area contributed by atoms with Gasteiger partial charge in [0.15, 0.2) is 0 Å². The second-order valence-corrected chi connectivity index (χ2v) is 3.39. The molecule has 1 aromatic heterocycles. The van der Waals surface area contributed by atoms with Crippen molar-refractivity contribution in [3.05, 3.63) is 28.6 Å². The fourth-order valence-electron chi connectivity index (χ4n) is 1.17. The summed E-state index contributed by atoms with van der Waals surface area (Å²) in [6, 6.07) is 4.57. The van der Waals surface area contributed by atoms with Crippen molar-refractivity contribution >= 4 is 21.6 Å². The first-order chi connectivity index (χ1) is 6.68. The highest BCUT2D eigenvalue weighted by Crippen LogP contribution is 2.25. The van der Waals surface area contributed by atoms with Gasteiger partial charge in [0.05, 0.1) is 4.70 Å². The number of fused-ring (bicyclic) bond motifs is 1. The summed E-state index contributed by atoms with van der Waals surface area (Å²) >= 11 is 1.09. The number of hydrogen-bond donors (Lipinski definition) is 1. The van der Waals surface area contributed by atoms with E-state index in [1.54, 1.807) is 12.1 Å². The monoisotopic (exact) mass is 217 g/mol. The molecular weight excluding hydrogens is 212 g/mol. The van der Waals surface area contributed by atoms with Gasteiger partial charge < -0.3 is 4.74 Å². The first kappa shape index (κ1) is 9.14. The van der Waals surface area contributed by atoms with Crippen LogP contribution in [0.5, 0.6) is 5.75 Å². The smallest absolute Gasteiger partial charge is 0.387 e. The van der Waals surface area contributed by atoms with Crippen LogP contribution in [-0.2, 0) is 0 Å². The van der Waals surface area contributed by atoms with E-state index >= 15 is 0 Å². The zero-order chi connectivity index (χ0) is 10.1. The molecule has 2 aromatic rings. The van der Waals surface area contributed by atoms with Crippen LogP contribution in [0.15, 0.2) is 23.0 Å². The molecule has 0 atom stereocenters. The number of alkyl halides is 2. The minimum Gasteiger partial charge on any atom is -0.434 e. The Kier molecular flexibility index (Phi) is 2.20. The maximum absolute atomic E-state index is 12.0. The lowest BCUT2D eigenvalue weighted by atomic mass is 10.2. The Morgan fingerprint density at radius 1 is 1.43 bits per heavy atom. The Morgan fingerprint density at radius 2 is 2.21 bits per heavy atom. The molecule has 0 saturated carbocycles. The van der Waals surface area contributed by atoms with E-state index in [2.05, 4.69) is 9.11 Å². The SMILES string of the molecule is O=c1[nH]sc2cccc(OC(F)F)c12. The first-order valence-corrected chi connectivity index (χ1v) is 4.55. The highest BCUT2D eigenvalue weighted by molar-refractivity contribution is 7.13. The molecule has 0 radical (unpaired) electrons. The molecule has 1 heterocycles. The lowest BCUT2D eigenvalue weighted by molar-refractivity contribution is -0.0488. The molecule has 0 fully saturated rings. The quantitative estimate of drug-likeness (QED) is 0.837. The Hall–Kier alpha value is -1.43. The van der Waals surface area contributed by atoms with Gasteiger partial charge in [-0.15, -0.1) is 0 Å². The number of ether oxygens (including phenoxy) is 1. The average Bonchev–Trinajstić information content (AvgIpc) is 2.48. The molecule has 74 valence electrons. The van der Waals surface area contributed by atoms with Crippen molar-refractivity contribution < 1.29 is 13.5 Å². The maximum atomic E-state index is 12.0. The molecule has 2 rings (SSSR count). The third-order valence-corrected chi connectivity index (χ3v) is 2.53. The number of benzene rings is 1. The van der Waals surface area contributed by atoms with E-state index < -0.39 is 12.2 Å². The van der Waals surface area contributed by atoms with E-state index in [0.29, 0.717) is 4.70 Å². The van der Waals surface area contributed by atoms with Crippen molar-refractivity contribution in [2.75, 3.05) is 0 Å². The first-order valence-electron chi connectivity index (χ1n) is 3.73. The Morgan fingerprint density at radius 3 is 2.93 bits per heavy atom. The van der Waals surface area contributed by atoms with Crippen LogP contribution in [-0.4, -0.2) is 11.0 Å². The molecule has 0 saturated heterocycles. The standard InChI is InChI=1S/C8H5F2NO2S/c9-8(10)13-4-2-1-3-5-6(4)7(12)11-14-5/h1-3,8H,(H,11,12). The van der Waals surface area contributed by atoms with Crippen molar-refractivity contribution in [2.24, 2.45) is 0 Å². The van der Waals surface area contributed by atoms with Gasteiger partial charge in [0.1, 0.15) is 11.1 Å². The van der Waals surface area contributed by atoms with Crippen LogP contribution < -0.4 is 10.3 Å². The minimum absolute atomic E-state index is 0.0833. The van der Waals surface area contributed by atoms with Crippen LogP contribution >= 0.6 is 11.5 Å². The molecule has 3 nitrogen and oxygen atoms in total. The van der Waals surface area contributed by atoms with Crippen molar-refractivity contribution in [3.8, 4) is 5.75 Å². The zero-order valence-electron chi connectivity index (χ0n) is 6.79. The number of nitrogens with one attached hydrogen (secondary N) is 1. The molecule has 0 spiro atoms. The van der Waals surface area contributed by atoms with Gasteiger partial charge in [0, 0.05) is 0 Å². The largest absolute Gasteiger partial charge is 0.434 e. The lowest BCUT2D eigenvalue weighted by Crippen LogP contribution is -2.05. The predicted octanol–water partition coefficient (Wildman–Crippen LogP) is 2.19. The molecule has 6 heteroatoms. The van der Waals surface area contributed by atoms with Gasteiger partial charge in [-0.25, -0.2) is 0 Å². The van der Waals surface area contributed by atoms with Crippen LogP contribution in [0.2, 0.25) is 0 Å². The van der Waals surface area contributed by atoms with Crippen LogP contribution in [0.3, 0.4) is 0 Å². The Labute approximate surface area is 81.1 Å². The van der Waals surface area contributed by atoms with Gasteiger partial charge >= 0.3 is 6.61 Å². The van der Waals surface area contributed by atoms with E-state index in [1.807, 2.05) is 0 Å². The van der Waals surface area contributed by atoms with Gasteiger partial charge in [-0.3, -0.25) is 9.17 Å². The molecule has 0 unspecified atom stereocenters. The molecule has 0 bridgehead atoms. The van der Waals surface area contributed by atoms with E-state index in [9.17, 15) is 13.6 Å². The lowest BCUT2D eigenvalue weighted by Gasteiger charge is -2.03. The fourth-order valence-corrected chi connectivity index (χ4v) is 1.91. The van der Waals surface area contributed by atoms with E-state index in [0.717, 1.165) is 11.5 Å². The third kappa shape index (κ3) is 1.48. The van der Waals surface area contributed by atoms with E-state index in [-0.39, 0.29) is 11.1 Å². The summed E-state index contributed by atoms with van der Waals surface area (Å²) in [5, 5.41) is 0.179.